The second-order valence-electron chi connectivity index (χ2n) is 2.95. The van der Waals surface area contributed by atoms with Crippen LogP contribution in [0.1, 0.15) is 5.69 Å². The van der Waals surface area contributed by atoms with E-state index >= 15 is 0 Å². The minimum atomic E-state index is -0.429. The van der Waals surface area contributed by atoms with Crippen LogP contribution in [0.25, 0.3) is 0 Å². The zero-order valence-corrected chi connectivity index (χ0v) is 7.81. The van der Waals surface area contributed by atoms with E-state index in [0.29, 0.717) is 5.82 Å². The lowest BCUT2D eigenvalue weighted by molar-refractivity contribution is -0.384. The van der Waals surface area contributed by atoms with E-state index in [2.05, 4.69) is 4.98 Å². The fourth-order valence-electron chi connectivity index (χ4n) is 1.01. The first-order valence-corrected chi connectivity index (χ1v) is 3.81. The van der Waals surface area contributed by atoms with Gasteiger partial charge < -0.3 is 4.90 Å². The normalized spacial score (nSPS) is 9.77. The SMILES string of the molecule is Cc1ccc([N+](=O)[O-])c(N(C)C)n1. The van der Waals surface area contributed by atoms with Gasteiger partial charge in [-0.15, -0.1) is 0 Å². The highest BCUT2D eigenvalue weighted by Crippen LogP contribution is 2.23. The van der Waals surface area contributed by atoms with Crippen LogP contribution in [0, 0.1) is 17.0 Å². The zero-order valence-electron chi connectivity index (χ0n) is 7.81. The summed E-state index contributed by atoms with van der Waals surface area (Å²) >= 11 is 0. The van der Waals surface area contributed by atoms with Crippen LogP contribution in [0.15, 0.2) is 12.1 Å². The van der Waals surface area contributed by atoms with Crippen molar-refractivity contribution >= 4 is 11.5 Å². The van der Waals surface area contributed by atoms with Crippen molar-refractivity contribution in [3.8, 4) is 0 Å². The minimum Gasteiger partial charge on any atom is -0.357 e. The summed E-state index contributed by atoms with van der Waals surface area (Å²) in [5, 5.41) is 10.6. The number of hydrogen-bond donors (Lipinski definition) is 0. The lowest BCUT2D eigenvalue weighted by Gasteiger charge is -2.11. The molecule has 0 aliphatic rings. The zero-order chi connectivity index (χ0) is 10.0. The molecule has 0 amide bonds. The molecular weight excluding hydrogens is 170 g/mol. The van der Waals surface area contributed by atoms with Gasteiger partial charge in [0.15, 0.2) is 0 Å². The molecular formula is C8H11N3O2. The van der Waals surface area contributed by atoms with Gasteiger partial charge in [-0.05, 0) is 13.0 Å². The smallest absolute Gasteiger partial charge is 0.311 e. The topological polar surface area (TPSA) is 59.3 Å². The van der Waals surface area contributed by atoms with Crippen LogP contribution in [-0.4, -0.2) is 24.0 Å². The Morgan fingerprint density at radius 1 is 1.46 bits per heavy atom. The monoisotopic (exact) mass is 181 g/mol. The largest absolute Gasteiger partial charge is 0.357 e. The summed E-state index contributed by atoms with van der Waals surface area (Å²) in [5.74, 6) is 0.394. The quantitative estimate of drug-likeness (QED) is 0.510. The molecule has 0 bridgehead atoms. The van der Waals surface area contributed by atoms with Crippen molar-refractivity contribution < 1.29 is 4.92 Å². The van der Waals surface area contributed by atoms with E-state index in [1.807, 2.05) is 0 Å². The molecule has 5 heteroatoms. The third kappa shape index (κ3) is 1.93. The van der Waals surface area contributed by atoms with Crippen LogP contribution in [0.3, 0.4) is 0 Å². The molecule has 0 saturated carbocycles. The van der Waals surface area contributed by atoms with E-state index < -0.39 is 4.92 Å². The number of hydrogen-bond acceptors (Lipinski definition) is 4. The number of rotatable bonds is 2. The van der Waals surface area contributed by atoms with Crippen LogP contribution >= 0.6 is 0 Å². The molecule has 1 heterocycles. The van der Waals surface area contributed by atoms with Crippen molar-refractivity contribution in [3.05, 3.63) is 27.9 Å². The third-order valence-electron chi connectivity index (χ3n) is 1.61. The maximum Gasteiger partial charge on any atom is 0.311 e. The standard InChI is InChI=1S/C8H11N3O2/c1-6-4-5-7(11(12)13)8(9-6)10(2)3/h4-5H,1-3H3. The van der Waals surface area contributed by atoms with Crippen molar-refractivity contribution in [2.24, 2.45) is 0 Å². The van der Waals surface area contributed by atoms with Gasteiger partial charge in [0.1, 0.15) is 0 Å². The van der Waals surface area contributed by atoms with Crippen LogP contribution in [0.2, 0.25) is 0 Å². The highest BCUT2D eigenvalue weighted by atomic mass is 16.6. The van der Waals surface area contributed by atoms with E-state index in [-0.39, 0.29) is 5.69 Å². The van der Waals surface area contributed by atoms with Crippen LogP contribution < -0.4 is 4.90 Å². The summed E-state index contributed by atoms with van der Waals surface area (Å²) in [4.78, 5) is 15.9. The molecule has 0 aromatic carbocycles. The molecule has 1 aromatic heterocycles. The molecule has 0 saturated heterocycles. The number of nitro groups is 1. The molecule has 0 spiro atoms. The Morgan fingerprint density at radius 3 is 2.54 bits per heavy atom. The van der Waals surface area contributed by atoms with Gasteiger partial charge in [0.05, 0.1) is 4.92 Å². The third-order valence-corrected chi connectivity index (χ3v) is 1.61. The number of pyridine rings is 1. The average Bonchev–Trinajstić information content (AvgIpc) is 2.03. The number of aromatic nitrogens is 1. The van der Waals surface area contributed by atoms with Gasteiger partial charge >= 0.3 is 5.69 Å². The van der Waals surface area contributed by atoms with Crippen LogP contribution in [-0.2, 0) is 0 Å². The fraction of sp³-hybridized carbons (Fsp3) is 0.375. The molecule has 0 atom stereocenters. The molecule has 0 radical (unpaired) electrons. The molecule has 1 aromatic rings. The van der Waals surface area contributed by atoms with E-state index in [1.165, 1.54) is 6.07 Å². The summed E-state index contributed by atoms with van der Waals surface area (Å²) in [6.45, 7) is 1.80. The molecule has 5 nitrogen and oxygen atoms in total. The van der Waals surface area contributed by atoms with Gasteiger partial charge in [-0.25, -0.2) is 4.98 Å². The fourth-order valence-corrected chi connectivity index (χ4v) is 1.01. The molecule has 0 aliphatic carbocycles. The highest BCUT2D eigenvalue weighted by molar-refractivity contribution is 5.57. The first-order chi connectivity index (χ1) is 6.02. The molecule has 1 rings (SSSR count). The second kappa shape index (κ2) is 3.38. The Morgan fingerprint density at radius 2 is 2.08 bits per heavy atom. The molecule has 13 heavy (non-hydrogen) atoms. The predicted molar refractivity (Wildman–Crippen MR) is 50.0 cm³/mol. The maximum absolute atomic E-state index is 10.6. The molecule has 70 valence electrons. The molecule has 0 aliphatic heterocycles. The van der Waals surface area contributed by atoms with Crippen LogP contribution in [0.5, 0.6) is 0 Å². The van der Waals surface area contributed by atoms with Gasteiger partial charge in [-0.1, -0.05) is 0 Å². The van der Waals surface area contributed by atoms with Crippen molar-refractivity contribution in [2.75, 3.05) is 19.0 Å². The van der Waals surface area contributed by atoms with E-state index in [4.69, 9.17) is 0 Å². The maximum atomic E-state index is 10.6. The van der Waals surface area contributed by atoms with Crippen LogP contribution in [0.4, 0.5) is 11.5 Å². The summed E-state index contributed by atoms with van der Waals surface area (Å²) in [6, 6.07) is 3.10. The van der Waals surface area contributed by atoms with E-state index in [9.17, 15) is 10.1 Å². The number of nitrogens with zero attached hydrogens (tertiary/aromatic N) is 3. The van der Waals surface area contributed by atoms with E-state index in [0.717, 1.165) is 5.69 Å². The lowest BCUT2D eigenvalue weighted by atomic mass is 10.3. The predicted octanol–water partition coefficient (Wildman–Crippen LogP) is 1.36. The molecule has 0 fully saturated rings. The second-order valence-corrected chi connectivity index (χ2v) is 2.95. The van der Waals surface area contributed by atoms with Gasteiger partial charge in [0.25, 0.3) is 0 Å². The van der Waals surface area contributed by atoms with Gasteiger partial charge in [-0.2, -0.15) is 0 Å². The Labute approximate surface area is 76.2 Å². The molecule has 0 N–H and O–H groups in total. The number of anilines is 1. The summed E-state index contributed by atoms with van der Waals surface area (Å²) in [5.41, 5.74) is 0.810. The lowest BCUT2D eigenvalue weighted by Crippen LogP contribution is -2.13. The average molecular weight is 181 g/mol. The van der Waals surface area contributed by atoms with Crippen molar-refractivity contribution in [2.45, 2.75) is 6.92 Å². The van der Waals surface area contributed by atoms with Crippen molar-refractivity contribution in [3.63, 3.8) is 0 Å². The van der Waals surface area contributed by atoms with Gasteiger partial charge in [0, 0.05) is 25.9 Å². The molecule has 0 unspecified atom stereocenters. The van der Waals surface area contributed by atoms with Crippen molar-refractivity contribution in [1.82, 2.24) is 4.98 Å². The number of aryl methyl sites for hydroxylation is 1. The van der Waals surface area contributed by atoms with Gasteiger partial charge in [-0.3, -0.25) is 10.1 Å². The minimum absolute atomic E-state index is 0.0376. The Bertz CT molecular complexity index is 336. The Balaban J connectivity index is 3.26. The summed E-state index contributed by atoms with van der Waals surface area (Å²) < 4.78 is 0. The summed E-state index contributed by atoms with van der Waals surface area (Å²) in [6.07, 6.45) is 0. The Hall–Kier alpha value is -1.65. The van der Waals surface area contributed by atoms with E-state index in [1.54, 1.807) is 32.0 Å². The Kier molecular flexibility index (Phi) is 2.46. The first kappa shape index (κ1) is 9.44. The van der Waals surface area contributed by atoms with Crippen molar-refractivity contribution in [1.29, 1.82) is 0 Å². The first-order valence-electron chi connectivity index (χ1n) is 3.81. The summed E-state index contributed by atoms with van der Waals surface area (Å²) in [7, 11) is 3.46. The highest BCUT2D eigenvalue weighted by Gasteiger charge is 2.16. The van der Waals surface area contributed by atoms with Gasteiger partial charge in [0.2, 0.25) is 5.82 Å².